The zero-order chi connectivity index (χ0) is 15.0. The van der Waals surface area contributed by atoms with Crippen molar-refractivity contribution in [2.45, 2.75) is 13.3 Å². The standard InChI is InChI=1S/C14H13N3O4/c1-7-2-3-8(13-17-15-6-21-13)4-11(7)16-12(18)9-5-10(9)14(19)20/h2-4,6,9-10H,5H2,1H3,(H,16,18)(H,19,20)/t9-,10+/m1/s1. The number of nitrogens with zero attached hydrogens (tertiary/aromatic N) is 2. The molecular weight excluding hydrogens is 274 g/mol. The van der Waals surface area contributed by atoms with Crippen molar-refractivity contribution in [3.8, 4) is 11.5 Å². The third-order valence-corrected chi connectivity index (χ3v) is 3.55. The zero-order valence-corrected chi connectivity index (χ0v) is 11.2. The summed E-state index contributed by atoms with van der Waals surface area (Å²) in [4.78, 5) is 22.8. The van der Waals surface area contributed by atoms with Gasteiger partial charge in [-0.05, 0) is 31.0 Å². The Morgan fingerprint density at radius 2 is 2.19 bits per heavy atom. The second-order valence-electron chi connectivity index (χ2n) is 5.05. The van der Waals surface area contributed by atoms with E-state index >= 15 is 0 Å². The first-order valence-electron chi connectivity index (χ1n) is 6.47. The van der Waals surface area contributed by atoms with E-state index < -0.39 is 17.8 Å². The van der Waals surface area contributed by atoms with Crippen LogP contribution >= 0.6 is 0 Å². The number of carbonyl (C=O) groups excluding carboxylic acids is 1. The number of aromatic nitrogens is 2. The Labute approximate surface area is 120 Å². The minimum Gasteiger partial charge on any atom is -0.481 e. The van der Waals surface area contributed by atoms with Crippen LogP contribution in [0.15, 0.2) is 29.0 Å². The molecule has 1 heterocycles. The van der Waals surface area contributed by atoms with Crippen LogP contribution in [0.4, 0.5) is 5.69 Å². The van der Waals surface area contributed by atoms with Gasteiger partial charge in [0.05, 0.1) is 11.8 Å². The number of rotatable bonds is 4. The summed E-state index contributed by atoms with van der Waals surface area (Å²) in [5, 5.41) is 19.0. The van der Waals surface area contributed by atoms with Crippen molar-refractivity contribution in [2.75, 3.05) is 5.32 Å². The SMILES string of the molecule is Cc1ccc(-c2nnco2)cc1NC(=O)[C@@H]1C[C@@H]1C(=O)O. The fraction of sp³-hybridized carbons (Fsp3) is 0.286. The number of aryl methyl sites for hydroxylation is 1. The Morgan fingerprint density at radius 1 is 1.38 bits per heavy atom. The lowest BCUT2D eigenvalue weighted by molar-refractivity contribution is -0.139. The molecule has 0 spiro atoms. The van der Waals surface area contributed by atoms with Crippen LogP contribution in [0.25, 0.3) is 11.5 Å². The summed E-state index contributed by atoms with van der Waals surface area (Å²) >= 11 is 0. The van der Waals surface area contributed by atoms with Gasteiger partial charge in [-0.2, -0.15) is 0 Å². The molecule has 1 aromatic heterocycles. The van der Waals surface area contributed by atoms with Gasteiger partial charge in [0.15, 0.2) is 0 Å². The molecule has 0 bridgehead atoms. The van der Waals surface area contributed by atoms with E-state index in [1.807, 2.05) is 19.1 Å². The Balaban J connectivity index is 1.78. The molecule has 1 aromatic carbocycles. The Morgan fingerprint density at radius 3 is 2.81 bits per heavy atom. The van der Waals surface area contributed by atoms with Crippen LogP contribution in [-0.2, 0) is 9.59 Å². The molecule has 7 nitrogen and oxygen atoms in total. The normalized spacial score (nSPS) is 20.0. The van der Waals surface area contributed by atoms with E-state index in [0.717, 1.165) is 5.56 Å². The molecule has 1 aliphatic carbocycles. The zero-order valence-electron chi connectivity index (χ0n) is 11.2. The van der Waals surface area contributed by atoms with Crippen molar-refractivity contribution >= 4 is 17.6 Å². The number of amides is 1. The monoisotopic (exact) mass is 287 g/mol. The molecule has 0 unspecified atom stereocenters. The minimum absolute atomic E-state index is 0.270. The number of carboxylic acid groups (broad SMARTS) is 1. The maximum atomic E-state index is 12.0. The highest BCUT2D eigenvalue weighted by atomic mass is 16.4. The van der Waals surface area contributed by atoms with Gasteiger partial charge in [-0.15, -0.1) is 10.2 Å². The molecule has 1 saturated carbocycles. The molecule has 2 atom stereocenters. The average molecular weight is 287 g/mol. The second-order valence-corrected chi connectivity index (χ2v) is 5.05. The van der Waals surface area contributed by atoms with Gasteiger partial charge in [0, 0.05) is 11.3 Å². The average Bonchev–Trinajstić information content (AvgIpc) is 3.09. The van der Waals surface area contributed by atoms with Gasteiger partial charge in [-0.1, -0.05) is 6.07 Å². The van der Waals surface area contributed by atoms with Crippen molar-refractivity contribution in [3.05, 3.63) is 30.2 Å². The lowest BCUT2D eigenvalue weighted by Crippen LogP contribution is -2.17. The quantitative estimate of drug-likeness (QED) is 0.886. The number of carbonyl (C=O) groups is 2. The molecule has 2 N–H and O–H groups in total. The van der Waals surface area contributed by atoms with Gasteiger partial charge in [-0.3, -0.25) is 9.59 Å². The summed E-state index contributed by atoms with van der Waals surface area (Å²) in [5.41, 5.74) is 2.19. The van der Waals surface area contributed by atoms with Crippen LogP contribution in [-0.4, -0.2) is 27.2 Å². The maximum Gasteiger partial charge on any atom is 0.307 e. The Hall–Kier alpha value is -2.70. The van der Waals surface area contributed by atoms with Gasteiger partial charge in [0.2, 0.25) is 18.2 Å². The van der Waals surface area contributed by atoms with Crippen LogP contribution in [0.1, 0.15) is 12.0 Å². The molecule has 7 heteroatoms. The molecule has 1 fully saturated rings. The van der Waals surface area contributed by atoms with Crippen molar-refractivity contribution in [3.63, 3.8) is 0 Å². The first-order valence-corrected chi connectivity index (χ1v) is 6.47. The minimum atomic E-state index is -0.925. The second kappa shape index (κ2) is 5.01. The van der Waals surface area contributed by atoms with Crippen LogP contribution < -0.4 is 5.32 Å². The fourth-order valence-corrected chi connectivity index (χ4v) is 2.17. The van der Waals surface area contributed by atoms with E-state index in [2.05, 4.69) is 15.5 Å². The van der Waals surface area contributed by atoms with Gasteiger partial charge >= 0.3 is 5.97 Å². The van der Waals surface area contributed by atoms with E-state index in [0.29, 0.717) is 23.6 Å². The van der Waals surface area contributed by atoms with E-state index in [9.17, 15) is 9.59 Å². The summed E-state index contributed by atoms with van der Waals surface area (Å²) in [6, 6.07) is 5.38. The first-order chi connectivity index (χ1) is 10.1. The number of anilines is 1. The van der Waals surface area contributed by atoms with E-state index in [1.165, 1.54) is 6.39 Å². The third kappa shape index (κ3) is 2.62. The topological polar surface area (TPSA) is 105 Å². The lowest BCUT2D eigenvalue weighted by Gasteiger charge is -2.09. The summed E-state index contributed by atoms with van der Waals surface area (Å²) in [7, 11) is 0. The molecule has 0 radical (unpaired) electrons. The first kappa shape index (κ1) is 13.3. The summed E-state index contributed by atoms with van der Waals surface area (Å²) in [6.45, 7) is 1.86. The molecule has 1 amide bonds. The molecule has 0 saturated heterocycles. The number of hydrogen-bond donors (Lipinski definition) is 2. The number of benzene rings is 1. The molecule has 21 heavy (non-hydrogen) atoms. The summed E-state index contributed by atoms with van der Waals surface area (Å²) in [5.74, 6) is -1.85. The highest BCUT2D eigenvalue weighted by Gasteiger charge is 2.48. The van der Waals surface area contributed by atoms with Crippen molar-refractivity contribution in [1.29, 1.82) is 0 Å². The summed E-state index contributed by atoms with van der Waals surface area (Å²) < 4.78 is 5.12. The molecule has 1 aliphatic rings. The van der Waals surface area contributed by atoms with Crippen molar-refractivity contribution in [2.24, 2.45) is 11.8 Å². The van der Waals surface area contributed by atoms with Gasteiger partial charge in [0.1, 0.15) is 0 Å². The number of hydrogen-bond acceptors (Lipinski definition) is 5. The number of carboxylic acids is 1. The summed E-state index contributed by atoms with van der Waals surface area (Å²) in [6.07, 6.45) is 1.62. The fourth-order valence-electron chi connectivity index (χ4n) is 2.17. The molecular formula is C14H13N3O4. The smallest absolute Gasteiger partial charge is 0.307 e. The highest BCUT2D eigenvalue weighted by Crippen LogP contribution is 2.39. The Bertz CT molecular complexity index is 696. The number of aliphatic carboxylic acids is 1. The maximum absolute atomic E-state index is 12.0. The van der Waals surface area contributed by atoms with E-state index in [1.54, 1.807) is 6.07 Å². The molecule has 2 aromatic rings. The third-order valence-electron chi connectivity index (χ3n) is 3.55. The molecule has 3 rings (SSSR count). The molecule has 108 valence electrons. The predicted molar refractivity (Wildman–Crippen MR) is 72.3 cm³/mol. The van der Waals surface area contributed by atoms with Gasteiger partial charge in [0.25, 0.3) is 0 Å². The van der Waals surface area contributed by atoms with E-state index in [-0.39, 0.29) is 5.91 Å². The Kier molecular flexibility index (Phi) is 3.17. The number of nitrogens with one attached hydrogen (secondary N) is 1. The highest BCUT2D eigenvalue weighted by molar-refractivity contribution is 5.99. The van der Waals surface area contributed by atoms with Crippen molar-refractivity contribution in [1.82, 2.24) is 10.2 Å². The van der Waals surface area contributed by atoms with Crippen LogP contribution in [0.2, 0.25) is 0 Å². The van der Waals surface area contributed by atoms with Crippen LogP contribution in [0.3, 0.4) is 0 Å². The predicted octanol–water partition coefficient (Wildman–Crippen LogP) is 1.70. The van der Waals surface area contributed by atoms with E-state index in [4.69, 9.17) is 9.52 Å². The molecule has 0 aliphatic heterocycles. The van der Waals surface area contributed by atoms with Crippen LogP contribution in [0, 0.1) is 18.8 Å². The van der Waals surface area contributed by atoms with Gasteiger partial charge < -0.3 is 14.8 Å². The lowest BCUT2D eigenvalue weighted by atomic mass is 10.1. The van der Waals surface area contributed by atoms with Gasteiger partial charge in [-0.25, -0.2) is 0 Å². The van der Waals surface area contributed by atoms with Crippen molar-refractivity contribution < 1.29 is 19.1 Å². The largest absolute Gasteiger partial charge is 0.481 e. The van der Waals surface area contributed by atoms with Crippen LogP contribution in [0.5, 0.6) is 0 Å².